The third-order valence-electron chi connectivity index (χ3n) is 4.57. The van der Waals surface area contributed by atoms with Crippen LogP contribution in [0.4, 0.5) is 0 Å². The molecule has 1 aromatic rings. The summed E-state index contributed by atoms with van der Waals surface area (Å²) in [4.78, 5) is 4.12. The second-order valence-corrected chi connectivity index (χ2v) is 7.53. The summed E-state index contributed by atoms with van der Waals surface area (Å²) in [6, 6.07) is 10.4. The average Bonchev–Trinajstić information content (AvgIpc) is 3.04. The van der Waals surface area contributed by atoms with Gasteiger partial charge in [0.05, 0.1) is 6.42 Å². The Morgan fingerprint density at radius 1 is 1.25 bits per heavy atom. The summed E-state index contributed by atoms with van der Waals surface area (Å²) in [5, 5.41) is 0. The van der Waals surface area contributed by atoms with Crippen LogP contribution in [0.1, 0.15) is 51.5 Å². The molecule has 1 aliphatic carbocycles. The molecule has 0 heterocycles. The van der Waals surface area contributed by atoms with E-state index < -0.39 is 0 Å². The average molecular weight is 424 g/mol. The Morgan fingerprint density at radius 2 is 2.09 bits per heavy atom. The van der Waals surface area contributed by atoms with E-state index in [1.54, 1.807) is 6.20 Å². The number of allylic oxidation sites excluding steroid dienone is 11. The van der Waals surface area contributed by atoms with Crippen LogP contribution in [0.2, 0.25) is 0 Å². The Labute approximate surface area is 193 Å². The number of rotatable bonds is 12. The first kappa shape index (κ1) is 24.7. The molecule has 0 aliphatic heterocycles. The van der Waals surface area contributed by atoms with Crippen molar-refractivity contribution in [2.45, 2.75) is 52.4 Å². The number of nitrogens with zero attached hydrogens (tertiary/aromatic N) is 1. The zero-order chi connectivity index (χ0) is 22.9. The summed E-state index contributed by atoms with van der Waals surface area (Å²) in [5.41, 5.74) is 3.55. The maximum Gasteiger partial charge on any atom is 0.115 e. The molecule has 2 rings (SSSR count). The van der Waals surface area contributed by atoms with Crippen molar-refractivity contribution in [1.82, 2.24) is 0 Å². The fourth-order valence-electron chi connectivity index (χ4n) is 3.11. The molecule has 164 valence electrons. The summed E-state index contributed by atoms with van der Waals surface area (Å²) in [6.07, 6.45) is 21.1. The highest BCUT2D eigenvalue weighted by molar-refractivity contribution is 5.52. The van der Waals surface area contributed by atoms with Crippen LogP contribution in [0.15, 0.2) is 113 Å². The smallest absolute Gasteiger partial charge is 0.115 e. The van der Waals surface area contributed by atoms with Gasteiger partial charge in [0.15, 0.2) is 0 Å². The van der Waals surface area contributed by atoms with Gasteiger partial charge >= 0.3 is 0 Å². The molecule has 0 amide bonds. The van der Waals surface area contributed by atoms with Crippen molar-refractivity contribution in [2.75, 3.05) is 0 Å². The highest BCUT2D eigenvalue weighted by Gasteiger charge is 2.03. The van der Waals surface area contributed by atoms with Gasteiger partial charge in [-0.1, -0.05) is 79.5 Å². The Hall–Kier alpha value is -3.53. The summed E-state index contributed by atoms with van der Waals surface area (Å²) < 4.78 is 6.04. The molecule has 2 heteroatoms. The number of unbranched alkanes of at least 4 members (excludes halogenated alkanes) is 1. The molecular weight excluding hydrogens is 390 g/mol. The normalized spacial score (nSPS) is 13.5. The molecule has 1 aromatic carbocycles. The minimum absolute atomic E-state index is 0.620. The van der Waals surface area contributed by atoms with E-state index in [-0.39, 0.29) is 0 Å². The largest absolute Gasteiger partial charge is 0.465 e. The minimum atomic E-state index is 0.620. The molecule has 2 nitrogen and oxygen atoms in total. The van der Waals surface area contributed by atoms with Gasteiger partial charge in [-0.3, -0.25) is 0 Å². The van der Waals surface area contributed by atoms with Crippen molar-refractivity contribution in [2.24, 2.45) is 4.99 Å². The molecule has 1 aliphatic rings. The zero-order valence-corrected chi connectivity index (χ0v) is 19.3. The standard InChI is InChI=1S/C30H33NO/c1-4-5-21-31-22-15-9-12-18-29(24-26(2)23-28-16-10-8-11-17-28)25-27(3)32-30-19-13-6-7-14-20-30/h5-6,8,10-11,13,15-17,19,21,24-25H,2,4,9,12,18,20,23H2,1,3H3/b21-5-,27-25+,29-24-. The van der Waals surface area contributed by atoms with Crippen molar-refractivity contribution in [3.8, 4) is 11.8 Å². The van der Waals surface area contributed by atoms with E-state index in [2.05, 4.69) is 72.6 Å². The predicted molar refractivity (Wildman–Crippen MR) is 137 cm³/mol. The first-order valence-electron chi connectivity index (χ1n) is 11.2. The van der Waals surface area contributed by atoms with Crippen LogP contribution in [0, 0.1) is 11.8 Å². The van der Waals surface area contributed by atoms with Crippen molar-refractivity contribution in [1.29, 1.82) is 0 Å². The van der Waals surface area contributed by atoms with E-state index in [0.29, 0.717) is 6.42 Å². The van der Waals surface area contributed by atoms with Crippen LogP contribution >= 0.6 is 0 Å². The summed E-state index contributed by atoms with van der Waals surface area (Å²) in [5.74, 6) is 10.7. The van der Waals surface area contributed by atoms with Crippen molar-refractivity contribution in [3.63, 3.8) is 0 Å². The fraction of sp³-hybridized carbons (Fsp3) is 0.267. The van der Waals surface area contributed by atoms with E-state index in [1.807, 2.05) is 43.4 Å². The van der Waals surface area contributed by atoms with Crippen LogP contribution in [0.3, 0.4) is 0 Å². The Morgan fingerprint density at radius 3 is 2.91 bits per heavy atom. The summed E-state index contributed by atoms with van der Waals surface area (Å²) >= 11 is 0. The van der Waals surface area contributed by atoms with E-state index in [4.69, 9.17) is 4.74 Å². The van der Waals surface area contributed by atoms with Crippen molar-refractivity contribution < 1.29 is 4.74 Å². The first-order chi connectivity index (χ1) is 15.7. The second-order valence-electron chi connectivity index (χ2n) is 7.53. The lowest BCUT2D eigenvalue weighted by Crippen LogP contribution is -1.93. The minimum Gasteiger partial charge on any atom is -0.465 e. The van der Waals surface area contributed by atoms with Crippen LogP contribution in [0.5, 0.6) is 0 Å². The molecule has 0 bridgehead atoms. The van der Waals surface area contributed by atoms with Crippen molar-refractivity contribution >= 4 is 5.87 Å². The first-order valence-corrected chi connectivity index (χ1v) is 11.2. The quantitative estimate of drug-likeness (QED) is 0.110. The summed E-state index contributed by atoms with van der Waals surface area (Å²) in [7, 11) is 0. The maximum absolute atomic E-state index is 6.04. The number of benzene rings is 1. The van der Waals surface area contributed by atoms with Gasteiger partial charge in [-0.05, 0) is 80.3 Å². The number of hydrogen-bond acceptors (Lipinski definition) is 2. The highest BCUT2D eigenvalue weighted by Crippen LogP contribution is 2.19. The number of ether oxygens (including phenoxy) is 1. The van der Waals surface area contributed by atoms with Crippen LogP contribution in [-0.4, -0.2) is 5.87 Å². The Balaban J connectivity index is 2.05. The lowest BCUT2D eigenvalue weighted by atomic mass is 10.0. The van der Waals surface area contributed by atoms with E-state index in [0.717, 1.165) is 49.2 Å². The predicted octanol–water partition coefficient (Wildman–Crippen LogP) is 7.80. The van der Waals surface area contributed by atoms with Crippen LogP contribution < -0.4 is 0 Å². The molecule has 0 fully saturated rings. The molecule has 0 atom stereocenters. The maximum atomic E-state index is 6.04. The number of hydrogen-bond donors (Lipinski definition) is 0. The molecule has 0 saturated carbocycles. The summed E-state index contributed by atoms with van der Waals surface area (Å²) in [6.45, 7) is 8.36. The molecular formula is C30H33NO. The fourth-order valence-corrected chi connectivity index (χ4v) is 3.11. The molecule has 0 unspecified atom stereocenters. The highest BCUT2D eigenvalue weighted by atomic mass is 16.5. The van der Waals surface area contributed by atoms with Crippen molar-refractivity contribution in [3.05, 3.63) is 114 Å². The van der Waals surface area contributed by atoms with Gasteiger partial charge in [0.1, 0.15) is 11.5 Å². The van der Waals surface area contributed by atoms with Gasteiger partial charge in [-0.25, -0.2) is 4.99 Å². The lowest BCUT2D eigenvalue weighted by molar-refractivity contribution is 0.301. The molecule has 0 aromatic heterocycles. The van der Waals surface area contributed by atoms with Crippen LogP contribution in [-0.2, 0) is 11.2 Å². The molecule has 0 saturated heterocycles. The van der Waals surface area contributed by atoms with Gasteiger partial charge in [0, 0.05) is 6.20 Å². The molecule has 0 spiro atoms. The SMILES string of the molecule is C=C(/C=C(\C=C(/C)OC1=CC=CC#CC1)CCCC=C=N/C=C\CC)Cc1ccccc1. The third kappa shape index (κ3) is 11.0. The third-order valence-corrected chi connectivity index (χ3v) is 4.57. The van der Waals surface area contributed by atoms with E-state index >= 15 is 0 Å². The molecule has 0 radical (unpaired) electrons. The Kier molecular flexibility index (Phi) is 11.8. The second kappa shape index (κ2) is 15.3. The van der Waals surface area contributed by atoms with E-state index in [1.165, 1.54) is 11.1 Å². The molecule has 0 N–H and O–H groups in total. The van der Waals surface area contributed by atoms with Gasteiger partial charge in [0.25, 0.3) is 0 Å². The van der Waals surface area contributed by atoms with Gasteiger partial charge < -0.3 is 4.74 Å². The topological polar surface area (TPSA) is 21.6 Å². The Bertz CT molecular complexity index is 1010. The van der Waals surface area contributed by atoms with Gasteiger partial charge in [-0.2, -0.15) is 0 Å². The van der Waals surface area contributed by atoms with E-state index in [9.17, 15) is 0 Å². The van der Waals surface area contributed by atoms with Crippen LogP contribution in [0.25, 0.3) is 0 Å². The number of aliphatic imine (C=N–C) groups is 1. The zero-order valence-electron chi connectivity index (χ0n) is 19.3. The monoisotopic (exact) mass is 423 g/mol. The molecule has 32 heavy (non-hydrogen) atoms. The van der Waals surface area contributed by atoms with Gasteiger partial charge in [-0.15, -0.1) is 0 Å². The van der Waals surface area contributed by atoms with Gasteiger partial charge in [0.2, 0.25) is 0 Å². The lowest BCUT2D eigenvalue weighted by Gasteiger charge is -2.10.